The summed E-state index contributed by atoms with van der Waals surface area (Å²) in [4.78, 5) is 3.60. The third-order valence-electron chi connectivity index (χ3n) is 2.35. The zero-order chi connectivity index (χ0) is 13.5. The number of hydrogen-bond acceptors (Lipinski definition) is 6. The lowest BCUT2D eigenvalue weighted by molar-refractivity contribution is 0.235. The van der Waals surface area contributed by atoms with Crippen LogP contribution >= 0.6 is 0 Å². The lowest BCUT2D eigenvalue weighted by Gasteiger charge is -2.22. The molecule has 0 radical (unpaired) electrons. The van der Waals surface area contributed by atoms with Crippen molar-refractivity contribution >= 4 is 5.84 Å². The van der Waals surface area contributed by atoms with Gasteiger partial charge in [0.2, 0.25) is 0 Å². The third kappa shape index (κ3) is 5.09. The average molecular weight is 255 g/mol. The highest BCUT2D eigenvalue weighted by Crippen LogP contribution is 2.04. The van der Waals surface area contributed by atoms with Crippen LogP contribution in [0.5, 0.6) is 0 Å². The van der Waals surface area contributed by atoms with Gasteiger partial charge >= 0.3 is 0 Å². The van der Waals surface area contributed by atoms with E-state index >= 15 is 0 Å². The Morgan fingerprint density at radius 2 is 2.28 bits per heavy atom. The fourth-order valence-corrected chi connectivity index (χ4v) is 1.66. The minimum atomic E-state index is 0.232. The lowest BCUT2D eigenvalue weighted by atomic mass is 10.2. The van der Waals surface area contributed by atoms with Crippen LogP contribution in [0.1, 0.15) is 26.1 Å². The van der Waals surface area contributed by atoms with E-state index in [1.54, 1.807) is 7.05 Å². The van der Waals surface area contributed by atoms with Gasteiger partial charge in [-0.25, -0.2) is 0 Å². The Labute approximate surface area is 106 Å². The van der Waals surface area contributed by atoms with Gasteiger partial charge in [0.1, 0.15) is 5.84 Å². The minimum Gasteiger partial charge on any atom is -0.409 e. The maximum atomic E-state index is 8.53. The van der Waals surface area contributed by atoms with Crippen LogP contribution in [0, 0.1) is 5.92 Å². The molecule has 0 aliphatic carbocycles. The number of oxime groups is 1. The molecule has 1 aromatic heterocycles. The van der Waals surface area contributed by atoms with Crippen LogP contribution in [0.25, 0.3) is 0 Å². The van der Waals surface area contributed by atoms with Crippen molar-refractivity contribution in [3.05, 3.63) is 5.82 Å². The molecule has 0 aromatic carbocycles. The molecule has 0 amide bonds. The summed E-state index contributed by atoms with van der Waals surface area (Å²) in [5, 5.41) is 23.4. The second kappa shape index (κ2) is 6.90. The molecule has 0 aliphatic heterocycles. The van der Waals surface area contributed by atoms with Gasteiger partial charge in [-0.2, -0.15) is 4.80 Å². The number of hydrogen-bond donors (Lipinski definition) is 2. The number of nitrogens with zero attached hydrogens (tertiary/aromatic N) is 6. The summed E-state index contributed by atoms with van der Waals surface area (Å²) in [6, 6.07) is 0. The van der Waals surface area contributed by atoms with Gasteiger partial charge in [0.15, 0.2) is 5.82 Å². The van der Waals surface area contributed by atoms with E-state index in [4.69, 9.17) is 10.9 Å². The Morgan fingerprint density at radius 1 is 1.56 bits per heavy atom. The van der Waals surface area contributed by atoms with Crippen molar-refractivity contribution in [2.45, 2.75) is 26.8 Å². The molecule has 0 saturated heterocycles. The van der Waals surface area contributed by atoms with E-state index in [-0.39, 0.29) is 5.84 Å². The maximum Gasteiger partial charge on any atom is 0.188 e. The molecule has 0 aliphatic rings. The molecular weight excluding hydrogens is 234 g/mol. The maximum absolute atomic E-state index is 8.53. The highest BCUT2D eigenvalue weighted by atomic mass is 16.4. The second-order valence-corrected chi connectivity index (χ2v) is 4.67. The van der Waals surface area contributed by atoms with Crippen LogP contribution in [0.15, 0.2) is 5.16 Å². The van der Waals surface area contributed by atoms with Gasteiger partial charge in [-0.05, 0) is 11.1 Å². The predicted octanol–water partition coefficient (Wildman–Crippen LogP) is -0.195. The number of aryl methyl sites for hydroxylation is 1. The highest BCUT2D eigenvalue weighted by Gasteiger charge is 2.12. The molecule has 0 saturated carbocycles. The first-order valence-electron chi connectivity index (χ1n) is 5.93. The summed E-state index contributed by atoms with van der Waals surface area (Å²) >= 11 is 0. The van der Waals surface area contributed by atoms with Crippen molar-refractivity contribution in [2.75, 3.05) is 13.1 Å². The lowest BCUT2D eigenvalue weighted by Crippen LogP contribution is -2.31. The van der Waals surface area contributed by atoms with Crippen molar-refractivity contribution in [3.63, 3.8) is 0 Å². The predicted molar refractivity (Wildman–Crippen MR) is 66.9 cm³/mol. The molecule has 0 spiro atoms. The fourth-order valence-electron chi connectivity index (χ4n) is 1.66. The summed E-state index contributed by atoms with van der Waals surface area (Å²) in [5.41, 5.74) is 5.48. The van der Waals surface area contributed by atoms with Gasteiger partial charge in [-0.3, -0.25) is 4.90 Å². The number of amidine groups is 1. The zero-order valence-corrected chi connectivity index (χ0v) is 11.1. The minimum absolute atomic E-state index is 0.232. The SMILES string of the molecule is CC(C)CN(CCC(N)=NO)Cc1nnn(C)n1. The van der Waals surface area contributed by atoms with Crippen molar-refractivity contribution in [3.8, 4) is 0 Å². The monoisotopic (exact) mass is 255 g/mol. The van der Waals surface area contributed by atoms with Crippen LogP contribution in [0.3, 0.4) is 0 Å². The summed E-state index contributed by atoms with van der Waals surface area (Å²) in [5.74, 6) is 1.43. The molecular formula is C10H21N7O. The molecule has 0 bridgehead atoms. The first kappa shape index (κ1) is 14.4. The van der Waals surface area contributed by atoms with E-state index in [0.29, 0.717) is 31.3 Å². The molecule has 3 N–H and O–H groups in total. The molecule has 0 atom stereocenters. The van der Waals surface area contributed by atoms with Crippen molar-refractivity contribution in [1.29, 1.82) is 0 Å². The van der Waals surface area contributed by atoms with Crippen LogP contribution in [0.4, 0.5) is 0 Å². The standard InChI is InChI=1S/C10H21N7O/c1-8(2)6-17(5-4-9(11)14-18)7-10-12-15-16(3)13-10/h8,18H,4-7H2,1-3H3,(H2,11,14). The number of rotatable bonds is 7. The van der Waals surface area contributed by atoms with Gasteiger partial charge in [-0.15, -0.1) is 10.2 Å². The van der Waals surface area contributed by atoms with Crippen LogP contribution in [0.2, 0.25) is 0 Å². The summed E-state index contributed by atoms with van der Waals surface area (Å²) < 4.78 is 0. The molecule has 8 heteroatoms. The van der Waals surface area contributed by atoms with Crippen molar-refractivity contribution in [2.24, 2.45) is 23.9 Å². The van der Waals surface area contributed by atoms with Gasteiger partial charge in [0, 0.05) is 19.5 Å². The number of tetrazole rings is 1. The highest BCUT2D eigenvalue weighted by molar-refractivity contribution is 5.79. The number of nitrogens with two attached hydrogens (primary N) is 1. The van der Waals surface area contributed by atoms with E-state index in [1.165, 1.54) is 4.80 Å². The average Bonchev–Trinajstić information content (AvgIpc) is 2.70. The molecule has 18 heavy (non-hydrogen) atoms. The molecule has 102 valence electrons. The Bertz CT molecular complexity index is 387. The molecule has 1 heterocycles. The molecule has 1 aromatic rings. The quantitative estimate of drug-likeness (QED) is 0.303. The van der Waals surface area contributed by atoms with Crippen molar-refractivity contribution < 1.29 is 5.21 Å². The van der Waals surface area contributed by atoms with Gasteiger partial charge in [0.25, 0.3) is 0 Å². The van der Waals surface area contributed by atoms with E-state index < -0.39 is 0 Å². The van der Waals surface area contributed by atoms with E-state index in [9.17, 15) is 0 Å². The molecule has 0 unspecified atom stereocenters. The Kier molecular flexibility index (Phi) is 5.50. The second-order valence-electron chi connectivity index (χ2n) is 4.67. The van der Waals surface area contributed by atoms with Crippen LogP contribution in [-0.4, -0.2) is 49.2 Å². The van der Waals surface area contributed by atoms with E-state index in [2.05, 4.69) is 39.3 Å². The van der Waals surface area contributed by atoms with Gasteiger partial charge in [0.05, 0.1) is 13.6 Å². The number of aromatic nitrogens is 4. The molecule has 1 rings (SSSR count). The third-order valence-corrected chi connectivity index (χ3v) is 2.35. The summed E-state index contributed by atoms with van der Waals surface area (Å²) in [7, 11) is 1.74. The topological polar surface area (TPSA) is 105 Å². The zero-order valence-electron chi connectivity index (χ0n) is 11.1. The van der Waals surface area contributed by atoms with E-state index in [1.807, 2.05) is 0 Å². The largest absolute Gasteiger partial charge is 0.409 e. The molecule has 0 fully saturated rings. The Morgan fingerprint density at radius 3 is 2.78 bits per heavy atom. The van der Waals surface area contributed by atoms with Crippen LogP contribution < -0.4 is 5.73 Å². The summed E-state index contributed by atoms with van der Waals surface area (Å²) in [6.07, 6.45) is 0.517. The normalized spacial score (nSPS) is 12.6. The van der Waals surface area contributed by atoms with E-state index in [0.717, 1.165) is 6.54 Å². The van der Waals surface area contributed by atoms with Crippen molar-refractivity contribution in [1.82, 2.24) is 25.1 Å². The molecule has 8 nitrogen and oxygen atoms in total. The van der Waals surface area contributed by atoms with Crippen LogP contribution in [-0.2, 0) is 13.6 Å². The summed E-state index contributed by atoms with van der Waals surface area (Å²) in [6.45, 7) is 6.50. The van der Waals surface area contributed by atoms with Gasteiger partial charge in [-0.1, -0.05) is 19.0 Å². The Balaban J connectivity index is 2.55. The first-order valence-corrected chi connectivity index (χ1v) is 5.93. The smallest absolute Gasteiger partial charge is 0.188 e. The Hall–Kier alpha value is -1.70. The first-order chi connectivity index (χ1) is 8.51. The fraction of sp³-hybridized carbons (Fsp3) is 0.800. The van der Waals surface area contributed by atoms with Gasteiger partial charge < -0.3 is 10.9 Å².